The predicted molar refractivity (Wildman–Crippen MR) is 77.5 cm³/mol. The summed E-state index contributed by atoms with van der Waals surface area (Å²) < 4.78 is 1.78. The minimum atomic E-state index is -0.420. The maximum absolute atomic E-state index is 11.5. The Labute approximate surface area is 116 Å². The van der Waals surface area contributed by atoms with E-state index in [9.17, 15) is 4.79 Å². The number of amides is 1. The minimum Gasteiger partial charge on any atom is -0.366 e. The van der Waals surface area contributed by atoms with Gasteiger partial charge >= 0.3 is 0 Å². The Kier molecular flexibility index (Phi) is 3.05. The van der Waals surface area contributed by atoms with Gasteiger partial charge < -0.3 is 5.73 Å². The molecule has 1 amide bonds. The van der Waals surface area contributed by atoms with Gasteiger partial charge in [-0.2, -0.15) is 5.10 Å². The molecule has 0 bridgehead atoms. The molecule has 4 heteroatoms. The highest BCUT2D eigenvalue weighted by Gasteiger charge is 2.09. The zero-order valence-corrected chi connectivity index (χ0v) is 10.7. The van der Waals surface area contributed by atoms with E-state index in [0.717, 1.165) is 16.8 Å². The van der Waals surface area contributed by atoms with Crippen molar-refractivity contribution in [3.63, 3.8) is 0 Å². The van der Waals surface area contributed by atoms with Gasteiger partial charge in [0.1, 0.15) is 0 Å². The van der Waals surface area contributed by atoms with Gasteiger partial charge in [-0.3, -0.25) is 4.79 Å². The largest absolute Gasteiger partial charge is 0.366 e. The average molecular weight is 263 g/mol. The molecular weight excluding hydrogens is 250 g/mol. The van der Waals surface area contributed by atoms with E-state index >= 15 is 0 Å². The lowest BCUT2D eigenvalue weighted by Crippen LogP contribution is -2.12. The predicted octanol–water partition coefficient (Wildman–Crippen LogP) is 2.64. The summed E-state index contributed by atoms with van der Waals surface area (Å²) in [4.78, 5) is 11.5. The first kappa shape index (κ1) is 12.2. The van der Waals surface area contributed by atoms with Crippen LogP contribution in [-0.4, -0.2) is 15.7 Å². The number of hydrogen-bond donors (Lipinski definition) is 1. The number of rotatable bonds is 3. The van der Waals surface area contributed by atoms with Crippen molar-refractivity contribution >= 4 is 5.91 Å². The average Bonchev–Trinajstić information content (AvgIpc) is 3.02. The molecule has 2 aromatic carbocycles. The van der Waals surface area contributed by atoms with Crippen LogP contribution in [0.3, 0.4) is 0 Å². The molecule has 1 aromatic heterocycles. The van der Waals surface area contributed by atoms with Crippen molar-refractivity contribution in [3.05, 3.63) is 72.6 Å². The summed E-state index contributed by atoms with van der Waals surface area (Å²) in [7, 11) is 0. The van der Waals surface area contributed by atoms with Crippen LogP contribution in [0.5, 0.6) is 0 Å². The highest BCUT2D eigenvalue weighted by molar-refractivity contribution is 5.99. The molecule has 0 radical (unpaired) electrons. The van der Waals surface area contributed by atoms with Crippen LogP contribution in [0.1, 0.15) is 10.4 Å². The standard InChI is InChI=1S/C16H13N3O/c17-16(20)15-5-2-1-4-14(15)12-6-8-13(9-7-12)19-11-3-10-18-19/h1-11H,(H2,17,20). The van der Waals surface area contributed by atoms with E-state index < -0.39 is 5.91 Å². The number of carbonyl (C=O) groups is 1. The summed E-state index contributed by atoms with van der Waals surface area (Å²) in [6.07, 6.45) is 3.61. The normalized spacial score (nSPS) is 10.4. The van der Waals surface area contributed by atoms with Gasteiger partial charge in [-0.15, -0.1) is 0 Å². The first-order valence-corrected chi connectivity index (χ1v) is 6.25. The first-order chi connectivity index (χ1) is 9.75. The lowest BCUT2D eigenvalue weighted by atomic mass is 9.99. The monoisotopic (exact) mass is 263 g/mol. The van der Waals surface area contributed by atoms with Crippen LogP contribution >= 0.6 is 0 Å². The number of primary amides is 1. The van der Waals surface area contributed by atoms with Crippen molar-refractivity contribution < 1.29 is 4.79 Å². The van der Waals surface area contributed by atoms with Crippen molar-refractivity contribution in [1.82, 2.24) is 9.78 Å². The van der Waals surface area contributed by atoms with Crippen molar-refractivity contribution in [1.29, 1.82) is 0 Å². The highest BCUT2D eigenvalue weighted by atomic mass is 16.1. The molecule has 20 heavy (non-hydrogen) atoms. The van der Waals surface area contributed by atoms with Crippen molar-refractivity contribution in [3.8, 4) is 16.8 Å². The fraction of sp³-hybridized carbons (Fsp3) is 0. The fourth-order valence-corrected chi connectivity index (χ4v) is 2.16. The van der Waals surface area contributed by atoms with Gasteiger partial charge in [-0.05, 0) is 35.4 Å². The van der Waals surface area contributed by atoms with E-state index in [1.54, 1.807) is 16.9 Å². The second-order valence-electron chi connectivity index (χ2n) is 4.41. The molecule has 3 aromatic rings. The van der Waals surface area contributed by atoms with E-state index in [2.05, 4.69) is 5.10 Å². The Hall–Kier alpha value is -2.88. The Balaban J connectivity index is 2.02. The molecule has 0 aliphatic carbocycles. The molecule has 98 valence electrons. The van der Waals surface area contributed by atoms with Crippen LogP contribution < -0.4 is 5.73 Å². The van der Waals surface area contributed by atoms with E-state index in [1.165, 1.54) is 0 Å². The molecule has 0 fully saturated rings. The molecular formula is C16H13N3O. The van der Waals surface area contributed by atoms with Crippen LogP contribution in [0, 0.1) is 0 Å². The van der Waals surface area contributed by atoms with Crippen LogP contribution in [0.2, 0.25) is 0 Å². The molecule has 0 aliphatic heterocycles. The van der Waals surface area contributed by atoms with Crippen LogP contribution in [-0.2, 0) is 0 Å². The fourth-order valence-electron chi connectivity index (χ4n) is 2.16. The van der Waals surface area contributed by atoms with Crippen LogP contribution in [0.4, 0.5) is 0 Å². The molecule has 0 unspecified atom stereocenters. The SMILES string of the molecule is NC(=O)c1ccccc1-c1ccc(-n2cccn2)cc1. The van der Waals surface area contributed by atoms with Gasteiger partial charge in [0.05, 0.1) is 5.69 Å². The molecule has 2 N–H and O–H groups in total. The quantitative estimate of drug-likeness (QED) is 0.789. The molecule has 0 aliphatic rings. The molecule has 0 saturated heterocycles. The maximum Gasteiger partial charge on any atom is 0.249 e. The van der Waals surface area contributed by atoms with Crippen molar-refractivity contribution in [2.24, 2.45) is 5.73 Å². The summed E-state index contributed by atoms with van der Waals surface area (Å²) in [5.74, 6) is -0.420. The van der Waals surface area contributed by atoms with Gasteiger partial charge in [-0.25, -0.2) is 4.68 Å². The number of hydrogen-bond acceptors (Lipinski definition) is 2. The Morgan fingerprint density at radius 3 is 2.40 bits per heavy atom. The van der Waals surface area contributed by atoms with E-state index in [-0.39, 0.29) is 0 Å². The van der Waals surface area contributed by atoms with Gasteiger partial charge in [0, 0.05) is 18.0 Å². The van der Waals surface area contributed by atoms with Gasteiger partial charge in [-0.1, -0.05) is 30.3 Å². The molecule has 0 atom stereocenters. The third-order valence-corrected chi connectivity index (χ3v) is 3.14. The van der Waals surface area contributed by atoms with Crippen LogP contribution in [0.15, 0.2) is 67.0 Å². The second kappa shape index (κ2) is 5.01. The summed E-state index contributed by atoms with van der Waals surface area (Å²) in [5, 5.41) is 4.18. The summed E-state index contributed by atoms with van der Waals surface area (Å²) in [5.41, 5.74) is 8.69. The number of carbonyl (C=O) groups excluding carboxylic acids is 1. The third kappa shape index (κ3) is 2.19. The first-order valence-electron chi connectivity index (χ1n) is 6.25. The summed E-state index contributed by atoms with van der Waals surface area (Å²) in [6.45, 7) is 0. The number of nitrogens with two attached hydrogens (primary N) is 1. The second-order valence-corrected chi connectivity index (χ2v) is 4.41. The third-order valence-electron chi connectivity index (χ3n) is 3.14. The summed E-state index contributed by atoms with van der Waals surface area (Å²) in [6, 6.07) is 17.0. The zero-order chi connectivity index (χ0) is 13.9. The molecule has 3 rings (SSSR count). The smallest absolute Gasteiger partial charge is 0.249 e. The maximum atomic E-state index is 11.5. The number of benzene rings is 2. The molecule has 1 heterocycles. The molecule has 4 nitrogen and oxygen atoms in total. The molecule has 0 spiro atoms. The highest BCUT2D eigenvalue weighted by Crippen LogP contribution is 2.24. The lowest BCUT2D eigenvalue weighted by Gasteiger charge is -2.08. The minimum absolute atomic E-state index is 0.420. The van der Waals surface area contributed by atoms with Gasteiger partial charge in [0.2, 0.25) is 5.91 Å². The lowest BCUT2D eigenvalue weighted by molar-refractivity contribution is 0.100. The summed E-state index contributed by atoms with van der Waals surface area (Å²) >= 11 is 0. The van der Waals surface area contributed by atoms with Crippen molar-refractivity contribution in [2.75, 3.05) is 0 Å². The van der Waals surface area contributed by atoms with Gasteiger partial charge in [0.15, 0.2) is 0 Å². The van der Waals surface area contributed by atoms with E-state index in [4.69, 9.17) is 5.73 Å². The van der Waals surface area contributed by atoms with Crippen LogP contribution in [0.25, 0.3) is 16.8 Å². The molecule has 0 saturated carbocycles. The number of nitrogens with zero attached hydrogens (tertiary/aromatic N) is 2. The number of aromatic nitrogens is 2. The topological polar surface area (TPSA) is 60.9 Å². The zero-order valence-electron chi connectivity index (χ0n) is 10.7. The Bertz CT molecular complexity index is 731. The van der Waals surface area contributed by atoms with Crippen molar-refractivity contribution in [2.45, 2.75) is 0 Å². The Morgan fingerprint density at radius 1 is 1.00 bits per heavy atom. The Morgan fingerprint density at radius 2 is 1.75 bits per heavy atom. The van der Waals surface area contributed by atoms with E-state index in [1.807, 2.05) is 54.7 Å². The van der Waals surface area contributed by atoms with Gasteiger partial charge in [0.25, 0.3) is 0 Å². The van der Waals surface area contributed by atoms with E-state index in [0.29, 0.717) is 5.56 Å².